The Labute approximate surface area is 165 Å². The van der Waals surface area contributed by atoms with Crippen LogP contribution in [0, 0.1) is 0 Å². The standard InChI is InChI=1S/C21H27N3O4/c1-23-17-12-24(14-7-5-4-6-8-14)20(25)18(17)19(22-21(23)26)13-9-15(27-2)11-16(10-13)28-3/h9-11,14,19H,4-8,12H2,1-3H3,(H,22,26)/t19-/m0/s1. The lowest BCUT2D eigenvalue weighted by Crippen LogP contribution is -2.45. The normalized spacial score (nSPS) is 23.0. The van der Waals surface area contributed by atoms with E-state index in [1.807, 2.05) is 17.0 Å². The van der Waals surface area contributed by atoms with E-state index in [1.165, 1.54) is 6.42 Å². The van der Waals surface area contributed by atoms with Gasteiger partial charge in [-0.3, -0.25) is 9.69 Å². The van der Waals surface area contributed by atoms with Gasteiger partial charge in [0, 0.05) is 19.2 Å². The molecular formula is C21H27N3O4. The molecule has 0 bridgehead atoms. The van der Waals surface area contributed by atoms with Crippen molar-refractivity contribution in [3.8, 4) is 11.5 Å². The van der Waals surface area contributed by atoms with Crippen molar-refractivity contribution >= 4 is 11.9 Å². The summed E-state index contributed by atoms with van der Waals surface area (Å²) in [5.41, 5.74) is 2.23. The highest BCUT2D eigenvalue weighted by Crippen LogP contribution is 2.40. The number of carbonyl (C=O) groups excluding carboxylic acids is 2. The number of hydrogen-bond donors (Lipinski definition) is 1. The zero-order chi connectivity index (χ0) is 19.8. The molecule has 1 atom stereocenters. The van der Waals surface area contributed by atoms with Crippen molar-refractivity contribution in [2.75, 3.05) is 27.8 Å². The number of likely N-dealkylation sites (N-methyl/N-ethyl adjacent to an activating group) is 1. The number of nitrogens with zero attached hydrogens (tertiary/aromatic N) is 2. The van der Waals surface area contributed by atoms with Gasteiger partial charge < -0.3 is 19.7 Å². The van der Waals surface area contributed by atoms with Crippen LogP contribution in [0.15, 0.2) is 29.5 Å². The van der Waals surface area contributed by atoms with Gasteiger partial charge in [-0.05, 0) is 30.5 Å². The van der Waals surface area contributed by atoms with Crippen molar-refractivity contribution in [1.29, 1.82) is 0 Å². The van der Waals surface area contributed by atoms with Gasteiger partial charge in [0.15, 0.2) is 0 Å². The second kappa shape index (κ2) is 7.37. The smallest absolute Gasteiger partial charge is 0.322 e. The lowest BCUT2D eigenvalue weighted by Gasteiger charge is -2.31. The molecule has 0 radical (unpaired) electrons. The van der Waals surface area contributed by atoms with Crippen LogP contribution in [0.4, 0.5) is 4.79 Å². The van der Waals surface area contributed by atoms with Crippen LogP contribution in [0.2, 0.25) is 0 Å². The van der Waals surface area contributed by atoms with E-state index < -0.39 is 6.04 Å². The maximum atomic E-state index is 13.4. The predicted octanol–water partition coefficient (Wildman–Crippen LogP) is 2.83. The highest BCUT2D eigenvalue weighted by molar-refractivity contribution is 6.01. The topological polar surface area (TPSA) is 71.1 Å². The van der Waals surface area contributed by atoms with Crippen molar-refractivity contribution in [3.05, 3.63) is 35.0 Å². The predicted molar refractivity (Wildman–Crippen MR) is 104 cm³/mol. The van der Waals surface area contributed by atoms with E-state index in [-0.39, 0.29) is 18.0 Å². The fourth-order valence-corrected chi connectivity index (χ4v) is 4.52. The Hall–Kier alpha value is -2.70. The molecule has 1 aromatic carbocycles. The molecule has 3 aliphatic rings. The monoisotopic (exact) mass is 385 g/mol. The fraction of sp³-hybridized carbons (Fsp3) is 0.524. The third kappa shape index (κ3) is 3.08. The summed E-state index contributed by atoms with van der Waals surface area (Å²) in [6.07, 6.45) is 5.62. The Kier molecular flexibility index (Phi) is 4.91. The maximum absolute atomic E-state index is 13.4. The lowest BCUT2D eigenvalue weighted by atomic mass is 9.93. The van der Waals surface area contributed by atoms with Gasteiger partial charge in [-0.2, -0.15) is 0 Å². The molecule has 1 N–H and O–H groups in total. The van der Waals surface area contributed by atoms with E-state index >= 15 is 0 Å². The Morgan fingerprint density at radius 3 is 2.25 bits per heavy atom. The highest BCUT2D eigenvalue weighted by atomic mass is 16.5. The molecule has 0 spiro atoms. The number of methoxy groups -OCH3 is 2. The molecule has 4 rings (SSSR count). The molecule has 1 aliphatic carbocycles. The quantitative estimate of drug-likeness (QED) is 0.865. The third-order valence-corrected chi connectivity index (χ3v) is 6.11. The van der Waals surface area contributed by atoms with Gasteiger partial charge in [-0.15, -0.1) is 0 Å². The molecule has 7 nitrogen and oxygen atoms in total. The minimum atomic E-state index is -0.510. The molecule has 28 heavy (non-hydrogen) atoms. The number of benzene rings is 1. The molecule has 7 heteroatoms. The molecule has 0 saturated heterocycles. The fourth-order valence-electron chi connectivity index (χ4n) is 4.52. The van der Waals surface area contributed by atoms with E-state index in [0.29, 0.717) is 23.6 Å². The first-order chi connectivity index (χ1) is 13.5. The average Bonchev–Trinajstić information content (AvgIpc) is 3.08. The van der Waals surface area contributed by atoms with Gasteiger partial charge >= 0.3 is 6.03 Å². The second-order valence-electron chi connectivity index (χ2n) is 7.67. The van der Waals surface area contributed by atoms with Crippen molar-refractivity contribution in [1.82, 2.24) is 15.1 Å². The number of ether oxygens (including phenoxy) is 2. The van der Waals surface area contributed by atoms with Crippen molar-refractivity contribution in [3.63, 3.8) is 0 Å². The van der Waals surface area contributed by atoms with E-state index in [0.717, 1.165) is 36.9 Å². The zero-order valence-electron chi connectivity index (χ0n) is 16.7. The third-order valence-electron chi connectivity index (χ3n) is 6.11. The SMILES string of the molecule is COc1cc(OC)cc([C@@H]2NC(=O)N(C)C3=C2C(=O)N(C2CCCCC2)C3)c1. The summed E-state index contributed by atoms with van der Waals surface area (Å²) < 4.78 is 10.8. The van der Waals surface area contributed by atoms with Gasteiger partial charge in [0.25, 0.3) is 5.91 Å². The number of amides is 3. The van der Waals surface area contributed by atoms with Crippen molar-refractivity contribution in [2.45, 2.75) is 44.2 Å². The van der Waals surface area contributed by atoms with Crippen molar-refractivity contribution < 1.29 is 19.1 Å². The Morgan fingerprint density at radius 2 is 1.64 bits per heavy atom. The molecule has 1 aromatic rings. The van der Waals surface area contributed by atoms with Gasteiger partial charge in [0.05, 0.1) is 38.1 Å². The van der Waals surface area contributed by atoms with Crippen LogP contribution in [0.25, 0.3) is 0 Å². The number of carbonyl (C=O) groups is 2. The first kappa shape index (κ1) is 18.7. The first-order valence-corrected chi connectivity index (χ1v) is 9.84. The summed E-state index contributed by atoms with van der Waals surface area (Å²) in [7, 11) is 4.90. The zero-order valence-corrected chi connectivity index (χ0v) is 16.7. The van der Waals surface area contributed by atoms with E-state index in [2.05, 4.69) is 5.32 Å². The van der Waals surface area contributed by atoms with Crippen LogP contribution in [0.3, 0.4) is 0 Å². The summed E-state index contributed by atoms with van der Waals surface area (Å²) in [5, 5.41) is 2.98. The van der Waals surface area contributed by atoms with Crippen LogP contribution in [-0.2, 0) is 4.79 Å². The molecule has 1 fully saturated rings. The minimum Gasteiger partial charge on any atom is -0.497 e. The van der Waals surface area contributed by atoms with E-state index in [1.54, 1.807) is 32.2 Å². The van der Waals surface area contributed by atoms with Crippen LogP contribution >= 0.6 is 0 Å². The average molecular weight is 385 g/mol. The van der Waals surface area contributed by atoms with Crippen LogP contribution in [0.1, 0.15) is 43.7 Å². The number of rotatable bonds is 4. The number of nitrogens with one attached hydrogen (secondary N) is 1. The maximum Gasteiger partial charge on any atom is 0.322 e. The van der Waals surface area contributed by atoms with Gasteiger partial charge in [0.1, 0.15) is 11.5 Å². The molecule has 0 unspecified atom stereocenters. The molecule has 2 heterocycles. The summed E-state index contributed by atoms with van der Waals surface area (Å²) in [5.74, 6) is 1.28. The van der Waals surface area contributed by atoms with Gasteiger partial charge in [0.2, 0.25) is 0 Å². The molecule has 3 amide bonds. The molecule has 1 saturated carbocycles. The van der Waals surface area contributed by atoms with E-state index in [4.69, 9.17) is 9.47 Å². The summed E-state index contributed by atoms with van der Waals surface area (Å²) in [6.45, 7) is 0.500. The summed E-state index contributed by atoms with van der Waals surface area (Å²) in [4.78, 5) is 29.6. The molecule has 0 aromatic heterocycles. The first-order valence-electron chi connectivity index (χ1n) is 9.84. The van der Waals surface area contributed by atoms with Crippen molar-refractivity contribution in [2.24, 2.45) is 0 Å². The summed E-state index contributed by atoms with van der Waals surface area (Å²) >= 11 is 0. The van der Waals surface area contributed by atoms with Gasteiger partial charge in [-0.1, -0.05) is 19.3 Å². The van der Waals surface area contributed by atoms with Gasteiger partial charge in [-0.25, -0.2) is 4.79 Å². The van der Waals surface area contributed by atoms with E-state index in [9.17, 15) is 9.59 Å². The minimum absolute atomic E-state index is 0.0283. The molecule has 150 valence electrons. The second-order valence-corrected chi connectivity index (χ2v) is 7.67. The Morgan fingerprint density at radius 1 is 1.00 bits per heavy atom. The molecular weight excluding hydrogens is 358 g/mol. The lowest BCUT2D eigenvalue weighted by molar-refractivity contribution is -0.128. The highest BCUT2D eigenvalue weighted by Gasteiger charge is 2.45. The largest absolute Gasteiger partial charge is 0.497 e. The summed E-state index contributed by atoms with van der Waals surface area (Å²) in [6, 6.07) is 5.02. The number of hydrogen-bond acceptors (Lipinski definition) is 4. The number of urea groups is 1. The Bertz CT molecular complexity index is 807. The van der Waals surface area contributed by atoms with Crippen LogP contribution in [0.5, 0.6) is 11.5 Å². The Balaban J connectivity index is 1.72. The van der Waals surface area contributed by atoms with Crippen LogP contribution < -0.4 is 14.8 Å². The van der Waals surface area contributed by atoms with Crippen LogP contribution in [-0.4, -0.2) is 55.6 Å². The molecule has 2 aliphatic heterocycles.